The zero-order chi connectivity index (χ0) is 30.0. The number of ether oxygens (including phenoxy) is 2. The number of para-hydroxylation sites is 1. The van der Waals surface area contributed by atoms with Gasteiger partial charge in [-0.15, -0.1) is 0 Å². The minimum Gasteiger partial charge on any atom is -0.351 e. The first kappa shape index (κ1) is 29.1. The molecule has 1 aliphatic carbocycles. The van der Waals surface area contributed by atoms with Gasteiger partial charge in [-0.1, -0.05) is 60.7 Å². The zero-order valence-corrected chi connectivity index (χ0v) is 25.2. The molecule has 0 spiro atoms. The lowest BCUT2D eigenvalue weighted by Gasteiger charge is -2.37. The van der Waals surface area contributed by atoms with E-state index in [2.05, 4.69) is 17.3 Å². The topological polar surface area (TPSA) is 76.0 Å². The molecule has 43 heavy (non-hydrogen) atoms. The number of carbonyl (C=O) groups is 2. The third-order valence-corrected chi connectivity index (χ3v) is 9.22. The van der Waals surface area contributed by atoms with Crippen LogP contribution in [0.5, 0.6) is 0 Å². The Labute approximate surface area is 253 Å². The molecule has 1 N–H and O–H groups in total. The van der Waals surface area contributed by atoms with Gasteiger partial charge in [0, 0.05) is 43.8 Å². The maximum absolute atomic E-state index is 14.3. The van der Waals surface area contributed by atoms with Gasteiger partial charge in [0.1, 0.15) is 5.69 Å². The van der Waals surface area contributed by atoms with Crippen molar-refractivity contribution in [1.82, 2.24) is 14.8 Å². The van der Waals surface area contributed by atoms with Crippen LogP contribution < -0.4 is 10.2 Å². The Morgan fingerprint density at radius 2 is 1.74 bits per heavy atom. The number of nitrogens with one attached hydrogen (secondary N) is 1. The molecule has 8 heteroatoms. The van der Waals surface area contributed by atoms with Gasteiger partial charge >= 0.3 is 0 Å². The Morgan fingerprint density at radius 1 is 0.977 bits per heavy atom. The molecular formula is C35H40N4O4. The van der Waals surface area contributed by atoms with Gasteiger partial charge in [0.05, 0.1) is 19.0 Å². The van der Waals surface area contributed by atoms with E-state index in [0.717, 1.165) is 35.5 Å². The van der Waals surface area contributed by atoms with Crippen LogP contribution in [0, 0.1) is 0 Å². The highest BCUT2D eigenvalue weighted by Crippen LogP contribution is 2.40. The molecule has 2 amide bonds. The van der Waals surface area contributed by atoms with Crippen LogP contribution in [0.4, 0.5) is 5.69 Å². The summed E-state index contributed by atoms with van der Waals surface area (Å²) in [7, 11) is 5.36. The fourth-order valence-corrected chi connectivity index (χ4v) is 6.76. The van der Waals surface area contributed by atoms with E-state index >= 15 is 0 Å². The summed E-state index contributed by atoms with van der Waals surface area (Å²) in [6, 6.07) is 22.3. The standard InChI is InChI=1S/C35H40N4O4/c1-37-21-9-13-28(37)19-20-36-33(40)32-18-16-29-24-39(31-14-8-7-12-27(31)23-38(29)32)34(41)26-15-17-30(25-10-5-4-6-11-25)35(22-26,42-2)43-3/h4-8,10-12,14-18,22,28,30H,9,13,19-21,23-24H2,1-3H3,(H,36,40). The Kier molecular flexibility index (Phi) is 8.34. The maximum Gasteiger partial charge on any atom is 0.267 e. The largest absolute Gasteiger partial charge is 0.351 e. The summed E-state index contributed by atoms with van der Waals surface area (Å²) < 4.78 is 13.9. The molecule has 224 valence electrons. The number of nitrogens with zero attached hydrogens (tertiary/aromatic N) is 3. The molecule has 3 aliphatic rings. The SMILES string of the molecule is COC1(OC)C=C(C(=O)N2Cc3ccc(C(=O)NCCC4CCCN4C)n3Cc3ccccc32)C=CC1c1ccccc1. The van der Waals surface area contributed by atoms with Gasteiger partial charge in [-0.2, -0.15) is 0 Å². The Morgan fingerprint density at radius 3 is 2.49 bits per heavy atom. The van der Waals surface area contributed by atoms with Gasteiger partial charge in [0.15, 0.2) is 5.79 Å². The second kappa shape index (κ2) is 12.3. The van der Waals surface area contributed by atoms with Gasteiger partial charge in [0.2, 0.25) is 0 Å². The molecule has 8 nitrogen and oxygen atoms in total. The van der Waals surface area contributed by atoms with E-state index in [-0.39, 0.29) is 17.7 Å². The Hall–Kier alpha value is -3.98. The number of anilines is 1. The van der Waals surface area contributed by atoms with E-state index in [4.69, 9.17) is 9.47 Å². The zero-order valence-electron chi connectivity index (χ0n) is 25.2. The van der Waals surface area contributed by atoms with E-state index < -0.39 is 5.79 Å². The van der Waals surface area contributed by atoms with Crippen molar-refractivity contribution in [2.75, 3.05) is 39.3 Å². The molecule has 1 saturated heterocycles. The minimum atomic E-state index is -1.13. The predicted molar refractivity (Wildman–Crippen MR) is 167 cm³/mol. The molecular weight excluding hydrogens is 540 g/mol. The van der Waals surface area contributed by atoms with Crippen LogP contribution in [0.1, 0.15) is 52.5 Å². The molecule has 2 atom stereocenters. The summed E-state index contributed by atoms with van der Waals surface area (Å²) in [6.07, 6.45) is 8.98. The summed E-state index contributed by atoms with van der Waals surface area (Å²) in [6.45, 7) is 2.59. The van der Waals surface area contributed by atoms with Crippen LogP contribution in [0.25, 0.3) is 0 Å². The highest BCUT2D eigenvalue weighted by Gasteiger charge is 2.41. The molecule has 0 saturated carbocycles. The Bertz CT molecular complexity index is 1540. The van der Waals surface area contributed by atoms with E-state index in [0.29, 0.717) is 36.9 Å². The van der Waals surface area contributed by atoms with Crippen LogP contribution >= 0.6 is 0 Å². The number of fused-ring (bicyclic) bond motifs is 2. The van der Waals surface area contributed by atoms with E-state index in [1.54, 1.807) is 25.2 Å². The van der Waals surface area contributed by atoms with E-state index in [1.807, 2.05) is 83.4 Å². The van der Waals surface area contributed by atoms with E-state index in [9.17, 15) is 9.59 Å². The van der Waals surface area contributed by atoms with Gasteiger partial charge in [-0.25, -0.2) is 0 Å². The fraction of sp³-hybridized carbons (Fsp3) is 0.371. The molecule has 3 aromatic rings. The monoisotopic (exact) mass is 580 g/mol. The summed E-state index contributed by atoms with van der Waals surface area (Å²) >= 11 is 0. The van der Waals surface area contributed by atoms with Crippen molar-refractivity contribution in [3.63, 3.8) is 0 Å². The van der Waals surface area contributed by atoms with E-state index in [1.165, 1.54) is 12.8 Å². The normalized spacial score (nSPS) is 21.1. The molecule has 2 aromatic carbocycles. The van der Waals surface area contributed by atoms with Crippen molar-refractivity contribution in [3.8, 4) is 0 Å². The van der Waals surface area contributed by atoms with Crippen molar-refractivity contribution in [2.45, 2.75) is 50.1 Å². The molecule has 6 rings (SSSR count). The third kappa shape index (κ3) is 5.58. The number of rotatable bonds is 8. The summed E-state index contributed by atoms with van der Waals surface area (Å²) in [5, 5.41) is 3.14. The number of hydrogen-bond acceptors (Lipinski definition) is 5. The number of carbonyl (C=O) groups excluding carboxylic acids is 2. The number of aromatic nitrogens is 1. The molecule has 2 unspecified atom stereocenters. The molecule has 3 heterocycles. The van der Waals surface area contributed by atoms with Gasteiger partial charge in [-0.3, -0.25) is 9.59 Å². The van der Waals surface area contributed by atoms with Gasteiger partial charge < -0.3 is 29.2 Å². The second-order valence-corrected chi connectivity index (χ2v) is 11.6. The van der Waals surface area contributed by atoms with Gasteiger partial charge in [0.25, 0.3) is 11.8 Å². The number of hydrogen-bond donors (Lipinski definition) is 1. The number of amides is 2. The first-order valence-corrected chi connectivity index (χ1v) is 15.1. The third-order valence-electron chi connectivity index (χ3n) is 9.22. The molecule has 1 aromatic heterocycles. The lowest BCUT2D eigenvalue weighted by atomic mass is 9.84. The average molecular weight is 581 g/mol. The van der Waals surface area contributed by atoms with Gasteiger partial charge in [-0.05, 0) is 68.3 Å². The number of methoxy groups -OCH3 is 2. The number of likely N-dealkylation sites (tertiary alicyclic amines) is 1. The van der Waals surface area contributed by atoms with Crippen molar-refractivity contribution in [1.29, 1.82) is 0 Å². The van der Waals surface area contributed by atoms with Crippen LogP contribution in [-0.2, 0) is 27.4 Å². The Balaban J connectivity index is 1.26. The summed E-state index contributed by atoms with van der Waals surface area (Å²) in [5.41, 5.74) is 4.83. The van der Waals surface area contributed by atoms with Crippen LogP contribution in [0.2, 0.25) is 0 Å². The predicted octanol–water partition coefficient (Wildman–Crippen LogP) is 4.87. The fourth-order valence-electron chi connectivity index (χ4n) is 6.76. The van der Waals surface area contributed by atoms with Crippen LogP contribution in [-0.4, -0.2) is 67.5 Å². The maximum atomic E-state index is 14.3. The second-order valence-electron chi connectivity index (χ2n) is 11.6. The van der Waals surface area contributed by atoms with Crippen molar-refractivity contribution >= 4 is 17.5 Å². The van der Waals surface area contributed by atoms with Crippen LogP contribution in [0.15, 0.2) is 90.5 Å². The lowest BCUT2D eigenvalue weighted by Crippen LogP contribution is -2.41. The molecule has 1 fully saturated rings. The quantitative estimate of drug-likeness (QED) is 0.385. The first-order valence-electron chi connectivity index (χ1n) is 15.1. The molecule has 0 bridgehead atoms. The minimum absolute atomic E-state index is 0.0843. The van der Waals surface area contributed by atoms with Crippen molar-refractivity contribution in [2.24, 2.45) is 0 Å². The highest BCUT2D eigenvalue weighted by atomic mass is 16.7. The lowest BCUT2D eigenvalue weighted by molar-refractivity contribution is -0.179. The molecule has 2 aliphatic heterocycles. The highest BCUT2D eigenvalue weighted by molar-refractivity contribution is 6.08. The summed E-state index contributed by atoms with van der Waals surface area (Å²) in [4.78, 5) is 31.8. The first-order chi connectivity index (χ1) is 20.9. The summed E-state index contributed by atoms with van der Waals surface area (Å²) in [5.74, 6) is -1.59. The smallest absolute Gasteiger partial charge is 0.267 e. The molecule has 0 radical (unpaired) electrons. The van der Waals surface area contributed by atoms with Crippen molar-refractivity contribution in [3.05, 3.63) is 113 Å². The number of benzene rings is 2. The van der Waals surface area contributed by atoms with Crippen LogP contribution in [0.3, 0.4) is 0 Å². The van der Waals surface area contributed by atoms with Crippen molar-refractivity contribution < 1.29 is 19.1 Å². The average Bonchev–Trinajstić information content (AvgIpc) is 3.60.